The first-order valence-electron chi connectivity index (χ1n) is 9.16. The second-order valence-corrected chi connectivity index (χ2v) is 7.58. The van der Waals surface area contributed by atoms with Gasteiger partial charge in [-0.05, 0) is 67.2 Å². The molecule has 0 aliphatic rings. The SMILES string of the molecule is Cc1ccc2oc(-c3ccc(C(=O)Nc4ccc(SC#N)cc4)cc3)cc(=O)c2c1. The van der Waals surface area contributed by atoms with Crippen molar-refractivity contribution in [2.24, 2.45) is 0 Å². The van der Waals surface area contributed by atoms with Gasteiger partial charge in [0.2, 0.25) is 0 Å². The number of carbonyl (C=O) groups excluding carboxylic acids is 1. The van der Waals surface area contributed by atoms with Crippen LogP contribution in [0.2, 0.25) is 0 Å². The number of nitriles is 1. The molecule has 1 N–H and O–H groups in total. The zero-order valence-corrected chi connectivity index (χ0v) is 16.8. The topological polar surface area (TPSA) is 83.1 Å². The molecule has 0 aliphatic carbocycles. The van der Waals surface area contributed by atoms with Crippen molar-refractivity contribution in [2.45, 2.75) is 11.8 Å². The van der Waals surface area contributed by atoms with E-state index in [1.165, 1.54) is 6.07 Å². The van der Waals surface area contributed by atoms with Crippen LogP contribution in [0.3, 0.4) is 0 Å². The Morgan fingerprint density at radius 2 is 1.73 bits per heavy atom. The van der Waals surface area contributed by atoms with Crippen molar-refractivity contribution in [3.8, 4) is 16.7 Å². The van der Waals surface area contributed by atoms with Crippen LogP contribution in [0, 0.1) is 17.6 Å². The Balaban J connectivity index is 1.54. The third-order valence-electron chi connectivity index (χ3n) is 4.59. The number of nitrogens with zero attached hydrogens (tertiary/aromatic N) is 1. The minimum absolute atomic E-state index is 0.102. The van der Waals surface area contributed by atoms with E-state index in [0.717, 1.165) is 22.2 Å². The van der Waals surface area contributed by atoms with E-state index in [2.05, 4.69) is 5.32 Å². The zero-order chi connectivity index (χ0) is 21.1. The number of carbonyl (C=O) groups is 1. The summed E-state index contributed by atoms with van der Waals surface area (Å²) in [6.07, 6.45) is 0. The summed E-state index contributed by atoms with van der Waals surface area (Å²) in [7, 11) is 0. The summed E-state index contributed by atoms with van der Waals surface area (Å²) < 4.78 is 5.89. The van der Waals surface area contributed by atoms with Gasteiger partial charge in [0.15, 0.2) is 5.43 Å². The quantitative estimate of drug-likeness (QED) is 0.349. The van der Waals surface area contributed by atoms with Gasteiger partial charge in [-0.1, -0.05) is 23.8 Å². The van der Waals surface area contributed by atoms with Gasteiger partial charge in [0.1, 0.15) is 16.7 Å². The summed E-state index contributed by atoms with van der Waals surface area (Å²) in [6, 6.07) is 20.9. The molecule has 0 unspecified atom stereocenters. The molecule has 0 aliphatic heterocycles. The minimum atomic E-state index is -0.252. The van der Waals surface area contributed by atoms with Crippen LogP contribution in [0.1, 0.15) is 15.9 Å². The Kier molecular flexibility index (Phi) is 5.38. The minimum Gasteiger partial charge on any atom is -0.456 e. The fourth-order valence-corrected chi connectivity index (χ4v) is 3.44. The van der Waals surface area contributed by atoms with Crippen LogP contribution in [-0.2, 0) is 0 Å². The van der Waals surface area contributed by atoms with Crippen LogP contribution >= 0.6 is 11.8 Å². The van der Waals surface area contributed by atoms with Crippen LogP contribution < -0.4 is 10.7 Å². The lowest BCUT2D eigenvalue weighted by Gasteiger charge is -2.07. The second kappa shape index (κ2) is 8.27. The molecular formula is C24H16N2O3S. The number of nitrogens with one attached hydrogen (secondary N) is 1. The highest BCUT2D eigenvalue weighted by Crippen LogP contribution is 2.24. The Labute approximate surface area is 177 Å². The third kappa shape index (κ3) is 4.12. The highest BCUT2D eigenvalue weighted by atomic mass is 32.2. The summed E-state index contributed by atoms with van der Waals surface area (Å²) in [6.45, 7) is 1.93. The molecule has 0 bridgehead atoms. The zero-order valence-electron chi connectivity index (χ0n) is 16.0. The number of aryl methyl sites for hydroxylation is 1. The number of anilines is 1. The van der Waals surface area contributed by atoms with Gasteiger partial charge >= 0.3 is 0 Å². The number of hydrogen-bond donors (Lipinski definition) is 1. The van der Waals surface area contributed by atoms with Gasteiger partial charge < -0.3 is 9.73 Å². The molecule has 0 saturated carbocycles. The first-order chi connectivity index (χ1) is 14.5. The van der Waals surface area contributed by atoms with Gasteiger partial charge in [-0.2, -0.15) is 5.26 Å². The van der Waals surface area contributed by atoms with Crippen molar-refractivity contribution in [1.82, 2.24) is 0 Å². The predicted molar refractivity (Wildman–Crippen MR) is 119 cm³/mol. The van der Waals surface area contributed by atoms with Crippen molar-refractivity contribution in [1.29, 1.82) is 5.26 Å². The molecule has 6 heteroatoms. The third-order valence-corrected chi connectivity index (χ3v) is 5.19. The first kappa shape index (κ1) is 19.5. The molecule has 0 fully saturated rings. The Morgan fingerprint density at radius 3 is 2.43 bits per heavy atom. The van der Waals surface area contributed by atoms with E-state index in [-0.39, 0.29) is 11.3 Å². The number of rotatable bonds is 4. The maximum absolute atomic E-state index is 12.5. The molecule has 0 radical (unpaired) electrons. The molecule has 0 saturated heterocycles. The molecule has 1 amide bonds. The molecule has 0 spiro atoms. The average Bonchev–Trinajstić information content (AvgIpc) is 2.76. The fourth-order valence-electron chi connectivity index (χ4n) is 3.06. The average molecular weight is 412 g/mol. The maximum Gasteiger partial charge on any atom is 0.255 e. The summed E-state index contributed by atoms with van der Waals surface area (Å²) in [5, 5.41) is 14.1. The van der Waals surface area contributed by atoms with Gasteiger partial charge in [-0.3, -0.25) is 9.59 Å². The number of thiocyanates is 1. The van der Waals surface area contributed by atoms with E-state index in [1.807, 2.05) is 24.5 Å². The molecule has 0 atom stereocenters. The molecule has 5 nitrogen and oxygen atoms in total. The lowest BCUT2D eigenvalue weighted by Crippen LogP contribution is -2.11. The van der Waals surface area contributed by atoms with E-state index in [1.54, 1.807) is 54.6 Å². The Bertz CT molecular complexity index is 1330. The molecule has 1 heterocycles. The summed E-state index contributed by atoms with van der Waals surface area (Å²) in [5.74, 6) is 0.201. The number of amides is 1. The summed E-state index contributed by atoms with van der Waals surface area (Å²) in [5.41, 5.74) is 3.26. The first-order valence-corrected chi connectivity index (χ1v) is 9.97. The molecule has 1 aromatic heterocycles. The molecule has 146 valence electrons. The molecule has 4 aromatic rings. The number of fused-ring (bicyclic) bond motifs is 1. The summed E-state index contributed by atoms with van der Waals surface area (Å²) >= 11 is 1.06. The van der Waals surface area contributed by atoms with Crippen molar-refractivity contribution in [2.75, 3.05) is 5.32 Å². The van der Waals surface area contributed by atoms with Crippen molar-refractivity contribution in [3.63, 3.8) is 0 Å². The normalized spacial score (nSPS) is 10.5. The van der Waals surface area contributed by atoms with E-state index >= 15 is 0 Å². The lowest BCUT2D eigenvalue weighted by atomic mass is 10.1. The second-order valence-electron chi connectivity index (χ2n) is 6.72. The van der Waals surface area contributed by atoms with E-state index in [0.29, 0.717) is 33.5 Å². The smallest absolute Gasteiger partial charge is 0.255 e. The maximum atomic E-state index is 12.5. The largest absolute Gasteiger partial charge is 0.456 e. The summed E-state index contributed by atoms with van der Waals surface area (Å²) in [4.78, 5) is 25.7. The Morgan fingerprint density at radius 1 is 1.00 bits per heavy atom. The molecule has 4 rings (SSSR count). The Hall–Kier alpha value is -3.82. The van der Waals surface area contributed by atoms with Crippen LogP contribution in [0.5, 0.6) is 0 Å². The van der Waals surface area contributed by atoms with Crippen LogP contribution in [0.25, 0.3) is 22.3 Å². The standard InChI is InChI=1S/C24H16N2O3S/c1-15-2-11-22-20(12-15)21(27)13-23(29-22)16-3-5-17(6-4-16)24(28)26-18-7-9-19(10-8-18)30-14-25/h2-13H,1H3,(H,26,28). The molecule has 3 aromatic carbocycles. The lowest BCUT2D eigenvalue weighted by molar-refractivity contribution is 0.102. The highest BCUT2D eigenvalue weighted by molar-refractivity contribution is 8.03. The van der Waals surface area contributed by atoms with E-state index in [4.69, 9.17) is 9.68 Å². The highest BCUT2D eigenvalue weighted by Gasteiger charge is 2.10. The fraction of sp³-hybridized carbons (Fsp3) is 0.0417. The van der Waals surface area contributed by atoms with Crippen LogP contribution in [0.15, 0.2) is 86.9 Å². The van der Waals surface area contributed by atoms with Gasteiger partial charge in [-0.25, -0.2) is 0 Å². The van der Waals surface area contributed by atoms with Gasteiger partial charge in [0.05, 0.1) is 5.39 Å². The predicted octanol–water partition coefficient (Wildman–Crippen LogP) is 5.59. The van der Waals surface area contributed by atoms with Crippen molar-refractivity contribution in [3.05, 3.63) is 94.1 Å². The monoisotopic (exact) mass is 412 g/mol. The van der Waals surface area contributed by atoms with Crippen molar-refractivity contribution < 1.29 is 9.21 Å². The number of benzene rings is 3. The molecule has 30 heavy (non-hydrogen) atoms. The molecular weight excluding hydrogens is 396 g/mol. The van der Waals surface area contributed by atoms with Gasteiger partial charge in [0.25, 0.3) is 5.91 Å². The van der Waals surface area contributed by atoms with Crippen molar-refractivity contribution >= 4 is 34.3 Å². The number of hydrogen-bond acceptors (Lipinski definition) is 5. The van der Waals surface area contributed by atoms with Crippen LogP contribution in [0.4, 0.5) is 5.69 Å². The van der Waals surface area contributed by atoms with Crippen LogP contribution in [-0.4, -0.2) is 5.91 Å². The van der Waals surface area contributed by atoms with Gasteiger partial charge in [0, 0.05) is 27.8 Å². The van der Waals surface area contributed by atoms with E-state index < -0.39 is 0 Å². The van der Waals surface area contributed by atoms with Gasteiger partial charge in [-0.15, -0.1) is 0 Å². The number of thioether (sulfide) groups is 1. The van der Waals surface area contributed by atoms with E-state index in [9.17, 15) is 9.59 Å².